The Labute approximate surface area is 122 Å². The Hall–Kier alpha value is -0.430. The number of nitrogens with zero attached hydrogens (tertiary/aromatic N) is 1. The molecule has 0 aliphatic carbocycles. The number of rotatable bonds is 3. The van der Waals surface area contributed by atoms with Gasteiger partial charge in [0, 0.05) is 24.2 Å². The number of halogens is 1. The summed E-state index contributed by atoms with van der Waals surface area (Å²) in [6.07, 6.45) is 1.63. The monoisotopic (exact) mass is 347 g/mol. The molecule has 1 aliphatic heterocycles. The van der Waals surface area contributed by atoms with Crippen LogP contribution in [0.1, 0.15) is 19.8 Å². The number of ether oxygens (including phenoxy) is 1. The van der Waals surface area contributed by atoms with Crippen molar-refractivity contribution in [3.8, 4) is 0 Å². The van der Waals surface area contributed by atoms with E-state index in [-0.39, 0.29) is 12.1 Å². The highest BCUT2D eigenvalue weighted by atomic mass is 79.9. The molecule has 2 unspecified atom stereocenters. The molecular weight excluding hydrogens is 330 g/mol. The highest BCUT2D eigenvalue weighted by Crippen LogP contribution is 2.30. The molecule has 0 amide bonds. The van der Waals surface area contributed by atoms with Gasteiger partial charge in [0.15, 0.2) is 0 Å². The first-order valence-electron chi connectivity index (χ1n) is 6.26. The Bertz CT molecular complexity index is 547. The van der Waals surface area contributed by atoms with E-state index >= 15 is 0 Å². The minimum atomic E-state index is -3.44. The van der Waals surface area contributed by atoms with E-state index in [1.54, 1.807) is 29.6 Å². The highest BCUT2D eigenvalue weighted by Gasteiger charge is 2.35. The predicted molar refractivity (Wildman–Crippen MR) is 77.5 cm³/mol. The molecule has 1 aromatic rings. The average Bonchev–Trinajstić information content (AvgIpc) is 2.38. The molecule has 0 radical (unpaired) electrons. The molecular formula is C13H18BrNO3S. The lowest BCUT2D eigenvalue weighted by Gasteiger charge is -2.36. The third kappa shape index (κ3) is 3.02. The van der Waals surface area contributed by atoms with Crippen molar-refractivity contribution < 1.29 is 13.2 Å². The molecule has 0 bridgehead atoms. The van der Waals surface area contributed by atoms with Gasteiger partial charge in [-0.3, -0.25) is 0 Å². The first-order chi connectivity index (χ1) is 8.96. The summed E-state index contributed by atoms with van der Waals surface area (Å²) in [5.74, 6) is 0. The lowest BCUT2D eigenvalue weighted by molar-refractivity contribution is 0.0422. The third-order valence-corrected chi connectivity index (χ3v) is 6.55. The molecule has 2 rings (SSSR count). The van der Waals surface area contributed by atoms with E-state index in [9.17, 15) is 8.42 Å². The molecule has 0 aromatic heterocycles. The Morgan fingerprint density at radius 1 is 1.37 bits per heavy atom. The molecule has 0 N–H and O–H groups in total. The number of piperidine rings is 1. The SMILES string of the molecule is COC1CCN(S(=O)(=O)c2ccccc2Br)C(C)C1. The van der Waals surface area contributed by atoms with E-state index in [1.807, 2.05) is 13.0 Å². The van der Waals surface area contributed by atoms with Gasteiger partial charge in [-0.05, 0) is 47.8 Å². The smallest absolute Gasteiger partial charge is 0.244 e. The largest absolute Gasteiger partial charge is 0.381 e. The Morgan fingerprint density at radius 3 is 2.63 bits per heavy atom. The zero-order valence-corrected chi connectivity index (χ0v) is 13.4. The van der Waals surface area contributed by atoms with Crippen LogP contribution < -0.4 is 0 Å². The zero-order valence-electron chi connectivity index (χ0n) is 11.0. The predicted octanol–water partition coefficient (Wildman–Crippen LogP) is 2.64. The molecule has 0 saturated carbocycles. The summed E-state index contributed by atoms with van der Waals surface area (Å²) in [5, 5.41) is 0. The fourth-order valence-electron chi connectivity index (χ4n) is 2.46. The van der Waals surface area contributed by atoms with Crippen LogP contribution in [0.2, 0.25) is 0 Å². The van der Waals surface area contributed by atoms with Crippen LogP contribution in [-0.4, -0.2) is 38.5 Å². The van der Waals surface area contributed by atoms with Crippen molar-refractivity contribution in [1.82, 2.24) is 4.31 Å². The van der Waals surface area contributed by atoms with Crippen molar-refractivity contribution in [3.05, 3.63) is 28.7 Å². The summed E-state index contributed by atoms with van der Waals surface area (Å²) in [5.41, 5.74) is 0. The van der Waals surface area contributed by atoms with Gasteiger partial charge in [0.1, 0.15) is 0 Å². The third-order valence-electron chi connectivity index (χ3n) is 3.52. The summed E-state index contributed by atoms with van der Waals surface area (Å²) in [6, 6.07) is 6.89. The summed E-state index contributed by atoms with van der Waals surface area (Å²) in [6.45, 7) is 2.43. The molecule has 1 aromatic carbocycles. The molecule has 1 fully saturated rings. The maximum absolute atomic E-state index is 12.7. The number of hydrogen-bond acceptors (Lipinski definition) is 3. The van der Waals surface area contributed by atoms with Crippen LogP contribution in [0.25, 0.3) is 0 Å². The van der Waals surface area contributed by atoms with Crippen molar-refractivity contribution in [1.29, 1.82) is 0 Å². The fraction of sp³-hybridized carbons (Fsp3) is 0.538. The summed E-state index contributed by atoms with van der Waals surface area (Å²) in [4.78, 5) is 0.331. The van der Waals surface area contributed by atoms with E-state index in [0.29, 0.717) is 15.9 Å². The van der Waals surface area contributed by atoms with Crippen LogP contribution in [-0.2, 0) is 14.8 Å². The van der Waals surface area contributed by atoms with Gasteiger partial charge in [0.05, 0.1) is 11.0 Å². The van der Waals surface area contributed by atoms with Crippen molar-refractivity contribution in [2.24, 2.45) is 0 Å². The summed E-state index contributed by atoms with van der Waals surface area (Å²) >= 11 is 3.31. The maximum Gasteiger partial charge on any atom is 0.244 e. The van der Waals surface area contributed by atoms with E-state index in [4.69, 9.17) is 4.74 Å². The molecule has 1 heterocycles. The molecule has 0 spiro atoms. The van der Waals surface area contributed by atoms with Gasteiger partial charge >= 0.3 is 0 Å². The van der Waals surface area contributed by atoms with Crippen LogP contribution in [0, 0.1) is 0 Å². The quantitative estimate of drug-likeness (QED) is 0.844. The van der Waals surface area contributed by atoms with Gasteiger partial charge < -0.3 is 4.74 Å². The van der Waals surface area contributed by atoms with E-state index < -0.39 is 10.0 Å². The summed E-state index contributed by atoms with van der Waals surface area (Å²) < 4.78 is 32.8. The van der Waals surface area contributed by atoms with Crippen LogP contribution in [0.3, 0.4) is 0 Å². The minimum Gasteiger partial charge on any atom is -0.381 e. The standard InChI is InChI=1S/C13H18BrNO3S/c1-10-9-11(18-2)7-8-15(10)19(16,17)13-6-4-3-5-12(13)14/h3-6,10-11H,7-9H2,1-2H3. The molecule has 6 heteroatoms. The van der Waals surface area contributed by atoms with Gasteiger partial charge in [0.2, 0.25) is 10.0 Å². The first kappa shape index (κ1) is 15.0. The van der Waals surface area contributed by atoms with Crippen LogP contribution >= 0.6 is 15.9 Å². The fourth-order valence-corrected chi connectivity index (χ4v) is 5.08. The molecule has 4 nitrogen and oxygen atoms in total. The Morgan fingerprint density at radius 2 is 2.05 bits per heavy atom. The highest BCUT2D eigenvalue weighted by molar-refractivity contribution is 9.10. The van der Waals surface area contributed by atoms with Gasteiger partial charge in [-0.25, -0.2) is 8.42 Å². The average molecular weight is 348 g/mol. The van der Waals surface area contributed by atoms with E-state index in [2.05, 4.69) is 15.9 Å². The van der Waals surface area contributed by atoms with Crippen molar-refractivity contribution in [3.63, 3.8) is 0 Å². The van der Waals surface area contributed by atoms with E-state index in [0.717, 1.165) is 12.8 Å². The first-order valence-corrected chi connectivity index (χ1v) is 8.49. The normalized spacial score (nSPS) is 25.4. The number of methoxy groups -OCH3 is 1. The van der Waals surface area contributed by atoms with E-state index in [1.165, 1.54) is 0 Å². The second-order valence-corrected chi connectivity index (χ2v) is 7.49. The minimum absolute atomic E-state index is 0.0455. The van der Waals surface area contributed by atoms with Crippen LogP contribution in [0.15, 0.2) is 33.6 Å². The molecule has 19 heavy (non-hydrogen) atoms. The lowest BCUT2D eigenvalue weighted by Crippen LogP contribution is -2.46. The maximum atomic E-state index is 12.7. The number of sulfonamides is 1. The number of benzene rings is 1. The molecule has 106 valence electrons. The molecule has 2 atom stereocenters. The van der Waals surface area contributed by atoms with Crippen molar-refractivity contribution >= 4 is 26.0 Å². The van der Waals surface area contributed by atoms with Gasteiger partial charge in [-0.15, -0.1) is 0 Å². The number of hydrogen-bond donors (Lipinski definition) is 0. The topological polar surface area (TPSA) is 46.6 Å². The van der Waals surface area contributed by atoms with Crippen molar-refractivity contribution in [2.75, 3.05) is 13.7 Å². The Kier molecular flexibility index (Phi) is 4.66. The van der Waals surface area contributed by atoms with Crippen LogP contribution in [0.5, 0.6) is 0 Å². The Balaban J connectivity index is 2.29. The van der Waals surface area contributed by atoms with Gasteiger partial charge in [-0.1, -0.05) is 12.1 Å². The van der Waals surface area contributed by atoms with Gasteiger partial charge in [0.25, 0.3) is 0 Å². The lowest BCUT2D eigenvalue weighted by atomic mass is 10.0. The van der Waals surface area contributed by atoms with Crippen LogP contribution in [0.4, 0.5) is 0 Å². The second-order valence-electron chi connectivity index (χ2n) is 4.78. The zero-order chi connectivity index (χ0) is 14.0. The summed E-state index contributed by atoms with van der Waals surface area (Å²) in [7, 11) is -1.77. The van der Waals surface area contributed by atoms with Crippen molar-refractivity contribution in [2.45, 2.75) is 36.8 Å². The van der Waals surface area contributed by atoms with Gasteiger partial charge in [-0.2, -0.15) is 4.31 Å². The molecule has 1 aliphatic rings. The second kappa shape index (κ2) is 5.91. The molecule has 1 saturated heterocycles.